The standard InChI is InChI=1S/C12H27NO3S/c1-4-8-13(9-5-2,10-6-3)11-7-12-17(14,15)16/h4-12H2,1-3H3. The maximum absolute atomic E-state index is 10.6. The van der Waals surface area contributed by atoms with E-state index < -0.39 is 10.1 Å². The third kappa shape index (κ3) is 7.73. The first-order valence-electron chi connectivity index (χ1n) is 6.67. The Balaban J connectivity index is 4.43. The van der Waals surface area contributed by atoms with E-state index in [9.17, 15) is 13.0 Å². The predicted molar refractivity (Wildman–Crippen MR) is 69.8 cm³/mol. The highest BCUT2D eigenvalue weighted by atomic mass is 32.2. The molecule has 0 bridgehead atoms. The minimum Gasteiger partial charge on any atom is -0.748 e. The largest absolute Gasteiger partial charge is 0.748 e. The van der Waals surface area contributed by atoms with Gasteiger partial charge in [-0.3, -0.25) is 0 Å². The number of rotatable bonds is 10. The molecule has 0 aliphatic carbocycles. The molecule has 0 aromatic rings. The van der Waals surface area contributed by atoms with Gasteiger partial charge >= 0.3 is 0 Å². The normalized spacial score (nSPS) is 12.9. The van der Waals surface area contributed by atoms with Crippen molar-refractivity contribution < 1.29 is 17.5 Å². The summed E-state index contributed by atoms with van der Waals surface area (Å²) < 4.78 is 32.9. The molecular weight excluding hydrogens is 238 g/mol. The highest BCUT2D eigenvalue weighted by molar-refractivity contribution is 7.85. The van der Waals surface area contributed by atoms with Gasteiger partial charge in [0.1, 0.15) is 0 Å². The quantitative estimate of drug-likeness (QED) is 0.448. The first-order valence-corrected chi connectivity index (χ1v) is 8.25. The molecule has 17 heavy (non-hydrogen) atoms. The van der Waals surface area contributed by atoms with Crippen LogP contribution in [-0.4, -0.2) is 49.4 Å². The van der Waals surface area contributed by atoms with E-state index in [1.807, 2.05) is 0 Å². The molecule has 0 atom stereocenters. The Bertz CT molecular complexity index is 271. The van der Waals surface area contributed by atoms with E-state index in [1.54, 1.807) is 0 Å². The molecule has 4 nitrogen and oxygen atoms in total. The molecule has 0 aliphatic heterocycles. The van der Waals surface area contributed by atoms with Crippen molar-refractivity contribution in [2.24, 2.45) is 0 Å². The molecular formula is C12H27NO3S. The minimum absolute atomic E-state index is 0.218. The zero-order chi connectivity index (χ0) is 13.4. The van der Waals surface area contributed by atoms with Crippen LogP contribution in [-0.2, 0) is 10.1 Å². The highest BCUT2D eigenvalue weighted by Crippen LogP contribution is 2.13. The van der Waals surface area contributed by atoms with Gasteiger partial charge in [0.2, 0.25) is 0 Å². The second kappa shape index (κ2) is 8.06. The Labute approximate surface area is 106 Å². The average molecular weight is 265 g/mol. The van der Waals surface area contributed by atoms with Gasteiger partial charge in [-0.25, -0.2) is 8.42 Å². The van der Waals surface area contributed by atoms with E-state index >= 15 is 0 Å². The molecule has 5 heteroatoms. The summed E-state index contributed by atoms with van der Waals surface area (Å²) in [5, 5.41) is 0. The third-order valence-corrected chi connectivity index (χ3v) is 3.91. The summed E-state index contributed by atoms with van der Waals surface area (Å²) >= 11 is 0. The SMILES string of the molecule is CCC[N+](CCC)(CCC)CCCS(=O)(=O)[O-]. The van der Waals surface area contributed by atoms with E-state index in [-0.39, 0.29) is 5.75 Å². The Hall–Kier alpha value is -0.130. The van der Waals surface area contributed by atoms with Crippen molar-refractivity contribution in [2.75, 3.05) is 31.9 Å². The zero-order valence-corrected chi connectivity index (χ0v) is 12.3. The number of quaternary nitrogens is 1. The van der Waals surface area contributed by atoms with Crippen molar-refractivity contribution in [3.05, 3.63) is 0 Å². The van der Waals surface area contributed by atoms with Crippen molar-refractivity contribution >= 4 is 10.1 Å². The van der Waals surface area contributed by atoms with E-state index in [1.165, 1.54) is 0 Å². The molecule has 0 unspecified atom stereocenters. The van der Waals surface area contributed by atoms with Gasteiger partial charge in [0.15, 0.2) is 0 Å². The van der Waals surface area contributed by atoms with Gasteiger partial charge in [-0.15, -0.1) is 0 Å². The Morgan fingerprint density at radius 2 is 1.29 bits per heavy atom. The van der Waals surface area contributed by atoms with Gasteiger partial charge in [0.05, 0.1) is 36.3 Å². The summed E-state index contributed by atoms with van der Waals surface area (Å²) in [5.41, 5.74) is 0. The fourth-order valence-corrected chi connectivity index (χ4v) is 3.15. The van der Waals surface area contributed by atoms with Crippen LogP contribution < -0.4 is 0 Å². The summed E-state index contributed by atoms with van der Waals surface area (Å²) in [6.45, 7) is 10.5. The van der Waals surface area contributed by atoms with Crippen molar-refractivity contribution in [1.29, 1.82) is 0 Å². The lowest BCUT2D eigenvalue weighted by Crippen LogP contribution is -2.50. The third-order valence-electron chi connectivity index (χ3n) is 3.12. The van der Waals surface area contributed by atoms with Crippen LogP contribution in [0, 0.1) is 0 Å². The first kappa shape index (κ1) is 16.9. The topological polar surface area (TPSA) is 57.2 Å². The van der Waals surface area contributed by atoms with Crippen LogP contribution >= 0.6 is 0 Å². The van der Waals surface area contributed by atoms with Crippen molar-refractivity contribution in [3.63, 3.8) is 0 Å². The van der Waals surface area contributed by atoms with Gasteiger partial charge in [0.25, 0.3) is 0 Å². The van der Waals surface area contributed by atoms with E-state index in [2.05, 4.69) is 20.8 Å². The highest BCUT2D eigenvalue weighted by Gasteiger charge is 2.24. The van der Waals surface area contributed by atoms with Gasteiger partial charge < -0.3 is 9.04 Å². The van der Waals surface area contributed by atoms with Gasteiger partial charge in [-0.1, -0.05) is 20.8 Å². The van der Waals surface area contributed by atoms with Gasteiger partial charge in [-0.05, 0) is 19.3 Å². The maximum Gasteiger partial charge on any atom is 0.0948 e. The van der Waals surface area contributed by atoms with Gasteiger partial charge in [-0.2, -0.15) is 0 Å². The Kier molecular flexibility index (Phi) is 8.00. The molecule has 0 rings (SSSR count). The van der Waals surface area contributed by atoms with E-state index in [0.29, 0.717) is 6.42 Å². The summed E-state index contributed by atoms with van der Waals surface area (Å²) in [6, 6.07) is 0. The molecule has 0 aromatic carbocycles. The molecule has 0 fully saturated rings. The molecule has 104 valence electrons. The molecule has 0 heterocycles. The molecule has 0 aliphatic rings. The molecule has 0 N–H and O–H groups in total. The van der Waals surface area contributed by atoms with Crippen LogP contribution in [0.15, 0.2) is 0 Å². The number of hydrogen-bond acceptors (Lipinski definition) is 3. The van der Waals surface area contributed by atoms with Crippen molar-refractivity contribution in [1.82, 2.24) is 0 Å². The monoisotopic (exact) mass is 265 g/mol. The molecule has 0 amide bonds. The van der Waals surface area contributed by atoms with Crippen LogP contribution in [0.3, 0.4) is 0 Å². The van der Waals surface area contributed by atoms with Crippen LogP contribution in [0.25, 0.3) is 0 Å². The fourth-order valence-electron chi connectivity index (χ4n) is 2.67. The fraction of sp³-hybridized carbons (Fsp3) is 1.00. The summed E-state index contributed by atoms with van der Waals surface area (Å²) in [6.07, 6.45) is 3.80. The van der Waals surface area contributed by atoms with Crippen LogP contribution in [0.1, 0.15) is 46.5 Å². The summed E-state index contributed by atoms with van der Waals surface area (Å²) in [5.74, 6) is -0.218. The lowest BCUT2D eigenvalue weighted by Gasteiger charge is -2.38. The average Bonchev–Trinajstić information content (AvgIpc) is 2.16. The first-order chi connectivity index (χ1) is 7.89. The number of hydrogen-bond donors (Lipinski definition) is 0. The summed E-state index contributed by atoms with van der Waals surface area (Å²) in [7, 11) is -4.05. The molecule has 0 saturated heterocycles. The predicted octanol–water partition coefficient (Wildman–Crippen LogP) is 1.97. The zero-order valence-electron chi connectivity index (χ0n) is 11.4. The minimum atomic E-state index is -4.05. The van der Waals surface area contributed by atoms with Crippen LogP contribution in [0.2, 0.25) is 0 Å². The van der Waals surface area contributed by atoms with Crippen LogP contribution in [0.5, 0.6) is 0 Å². The van der Waals surface area contributed by atoms with Crippen molar-refractivity contribution in [2.45, 2.75) is 46.5 Å². The molecule has 0 radical (unpaired) electrons. The Morgan fingerprint density at radius 1 is 0.882 bits per heavy atom. The maximum atomic E-state index is 10.6. The van der Waals surface area contributed by atoms with E-state index in [0.717, 1.165) is 49.9 Å². The second-order valence-electron chi connectivity index (χ2n) is 4.85. The lowest BCUT2D eigenvalue weighted by molar-refractivity contribution is -0.928. The molecule has 0 spiro atoms. The Morgan fingerprint density at radius 3 is 1.59 bits per heavy atom. The summed E-state index contributed by atoms with van der Waals surface area (Å²) in [4.78, 5) is 0. The lowest BCUT2D eigenvalue weighted by atomic mass is 10.2. The van der Waals surface area contributed by atoms with Crippen molar-refractivity contribution in [3.8, 4) is 0 Å². The molecule has 0 aromatic heterocycles. The smallest absolute Gasteiger partial charge is 0.0948 e. The second-order valence-corrected chi connectivity index (χ2v) is 6.38. The van der Waals surface area contributed by atoms with Crippen LogP contribution in [0.4, 0.5) is 0 Å². The molecule has 0 saturated carbocycles. The number of nitrogens with zero attached hydrogens (tertiary/aromatic N) is 1. The van der Waals surface area contributed by atoms with E-state index in [4.69, 9.17) is 0 Å². The van der Waals surface area contributed by atoms with Gasteiger partial charge in [0, 0.05) is 12.2 Å².